The molecule has 0 unspecified atom stereocenters. The van der Waals surface area contributed by atoms with E-state index in [1.165, 1.54) is 6.42 Å². The Bertz CT molecular complexity index is 321. The molecular formula is C13H27N5. The summed E-state index contributed by atoms with van der Waals surface area (Å²) in [5.41, 5.74) is 1.02. The van der Waals surface area contributed by atoms with Crippen molar-refractivity contribution in [2.24, 2.45) is 0 Å². The third-order valence-corrected chi connectivity index (χ3v) is 3.00. The Morgan fingerprint density at radius 2 is 2.11 bits per heavy atom. The molecule has 0 fully saturated rings. The molecule has 1 heterocycles. The van der Waals surface area contributed by atoms with Crippen molar-refractivity contribution in [3.05, 3.63) is 11.9 Å². The lowest BCUT2D eigenvalue weighted by Gasteiger charge is -2.25. The van der Waals surface area contributed by atoms with Gasteiger partial charge in [-0.25, -0.2) is 0 Å². The van der Waals surface area contributed by atoms with E-state index in [0.29, 0.717) is 6.04 Å². The first-order valence-corrected chi connectivity index (χ1v) is 7.01. The van der Waals surface area contributed by atoms with Crippen LogP contribution < -0.4 is 5.32 Å². The zero-order chi connectivity index (χ0) is 13.4. The average Bonchev–Trinajstić information content (AvgIpc) is 2.79. The second-order valence-electron chi connectivity index (χ2n) is 4.88. The van der Waals surface area contributed by atoms with Gasteiger partial charge in [0.1, 0.15) is 0 Å². The van der Waals surface area contributed by atoms with Gasteiger partial charge < -0.3 is 5.32 Å². The highest BCUT2D eigenvalue weighted by molar-refractivity contribution is 4.91. The topological polar surface area (TPSA) is 46.0 Å². The summed E-state index contributed by atoms with van der Waals surface area (Å²) in [6.45, 7) is 13.7. The van der Waals surface area contributed by atoms with Crippen molar-refractivity contribution in [3.63, 3.8) is 0 Å². The van der Waals surface area contributed by atoms with Gasteiger partial charge in [-0.3, -0.25) is 9.58 Å². The Morgan fingerprint density at radius 3 is 2.72 bits per heavy atom. The molecule has 0 bridgehead atoms. The molecule has 0 spiro atoms. The van der Waals surface area contributed by atoms with Crippen molar-refractivity contribution >= 4 is 0 Å². The number of nitrogens with one attached hydrogen (secondary N) is 1. The Morgan fingerprint density at radius 1 is 1.33 bits per heavy atom. The van der Waals surface area contributed by atoms with E-state index < -0.39 is 0 Å². The van der Waals surface area contributed by atoms with Gasteiger partial charge in [0.05, 0.1) is 12.2 Å². The van der Waals surface area contributed by atoms with Crippen LogP contribution in [-0.4, -0.2) is 45.6 Å². The highest BCUT2D eigenvalue weighted by Crippen LogP contribution is 2.01. The first-order valence-electron chi connectivity index (χ1n) is 7.01. The van der Waals surface area contributed by atoms with Gasteiger partial charge in [-0.05, 0) is 33.4 Å². The van der Waals surface area contributed by atoms with Crippen LogP contribution in [0.4, 0.5) is 0 Å². The Labute approximate surface area is 111 Å². The number of rotatable bonds is 9. The third-order valence-electron chi connectivity index (χ3n) is 3.00. The lowest BCUT2D eigenvalue weighted by molar-refractivity contribution is 0.210. The molecule has 0 aromatic carbocycles. The molecule has 1 aromatic heterocycles. The van der Waals surface area contributed by atoms with Crippen molar-refractivity contribution in [2.75, 3.05) is 19.6 Å². The second kappa shape index (κ2) is 8.21. The van der Waals surface area contributed by atoms with E-state index in [-0.39, 0.29) is 0 Å². The van der Waals surface area contributed by atoms with Crippen LogP contribution in [0, 0.1) is 0 Å². The first-order chi connectivity index (χ1) is 8.67. The molecule has 0 aliphatic rings. The summed E-state index contributed by atoms with van der Waals surface area (Å²) < 4.78 is 1.94. The molecule has 18 heavy (non-hydrogen) atoms. The van der Waals surface area contributed by atoms with Crippen LogP contribution in [0.2, 0.25) is 0 Å². The van der Waals surface area contributed by atoms with Crippen LogP contribution in [0.15, 0.2) is 6.20 Å². The van der Waals surface area contributed by atoms with Crippen LogP contribution in [0.5, 0.6) is 0 Å². The number of nitrogens with zero attached hydrogens (tertiary/aromatic N) is 4. The fourth-order valence-corrected chi connectivity index (χ4v) is 1.93. The minimum absolute atomic E-state index is 0.592. The Kier molecular flexibility index (Phi) is 6.90. The summed E-state index contributed by atoms with van der Waals surface area (Å²) in [4.78, 5) is 2.48. The maximum absolute atomic E-state index is 4.16. The molecule has 0 aliphatic carbocycles. The van der Waals surface area contributed by atoms with Gasteiger partial charge in [-0.15, -0.1) is 5.10 Å². The number of hydrogen-bond donors (Lipinski definition) is 1. The molecule has 1 rings (SSSR count). The predicted molar refractivity (Wildman–Crippen MR) is 74.4 cm³/mol. The lowest BCUT2D eigenvalue weighted by atomic mass is 10.3. The van der Waals surface area contributed by atoms with Gasteiger partial charge >= 0.3 is 0 Å². The molecule has 0 radical (unpaired) electrons. The summed E-state index contributed by atoms with van der Waals surface area (Å²) in [5.74, 6) is 0. The van der Waals surface area contributed by atoms with Gasteiger partial charge in [-0.2, -0.15) is 0 Å². The third kappa shape index (κ3) is 5.14. The van der Waals surface area contributed by atoms with E-state index >= 15 is 0 Å². The SMILES string of the molecule is CCCN(CCn1cc(CNCC)nn1)C(C)C. The first kappa shape index (κ1) is 15.1. The highest BCUT2D eigenvalue weighted by Gasteiger charge is 2.08. The molecule has 0 aliphatic heterocycles. The zero-order valence-electron chi connectivity index (χ0n) is 12.2. The summed E-state index contributed by atoms with van der Waals surface area (Å²) in [6, 6.07) is 0.592. The highest BCUT2D eigenvalue weighted by atomic mass is 15.4. The van der Waals surface area contributed by atoms with Crippen LogP contribution >= 0.6 is 0 Å². The van der Waals surface area contributed by atoms with Crippen LogP contribution in [-0.2, 0) is 13.1 Å². The summed E-state index contributed by atoms with van der Waals surface area (Å²) >= 11 is 0. The van der Waals surface area contributed by atoms with E-state index in [1.54, 1.807) is 0 Å². The maximum atomic E-state index is 4.16. The van der Waals surface area contributed by atoms with Crippen molar-refractivity contribution in [3.8, 4) is 0 Å². The molecule has 1 aromatic rings. The van der Waals surface area contributed by atoms with E-state index in [4.69, 9.17) is 0 Å². The lowest BCUT2D eigenvalue weighted by Crippen LogP contribution is -2.34. The fourth-order valence-electron chi connectivity index (χ4n) is 1.93. The van der Waals surface area contributed by atoms with Gasteiger partial charge in [-0.1, -0.05) is 19.1 Å². The Balaban J connectivity index is 2.39. The zero-order valence-corrected chi connectivity index (χ0v) is 12.2. The average molecular weight is 253 g/mol. The summed E-state index contributed by atoms with van der Waals surface area (Å²) in [7, 11) is 0. The monoisotopic (exact) mass is 253 g/mol. The molecule has 104 valence electrons. The fraction of sp³-hybridized carbons (Fsp3) is 0.846. The standard InChI is InChI=1S/C13H27N5/c1-5-7-17(12(3)4)8-9-18-11-13(15-16-18)10-14-6-2/h11-12,14H,5-10H2,1-4H3. The molecule has 0 saturated carbocycles. The van der Waals surface area contributed by atoms with Gasteiger partial charge in [0.2, 0.25) is 0 Å². The van der Waals surface area contributed by atoms with E-state index in [0.717, 1.165) is 38.4 Å². The quantitative estimate of drug-likeness (QED) is 0.724. The van der Waals surface area contributed by atoms with Gasteiger partial charge in [0.25, 0.3) is 0 Å². The number of hydrogen-bond acceptors (Lipinski definition) is 4. The molecule has 0 saturated heterocycles. The largest absolute Gasteiger partial charge is 0.311 e. The predicted octanol–water partition coefficient (Wildman–Crippen LogP) is 1.51. The van der Waals surface area contributed by atoms with Crippen molar-refractivity contribution in [1.29, 1.82) is 0 Å². The molecular weight excluding hydrogens is 226 g/mol. The van der Waals surface area contributed by atoms with E-state index in [1.807, 2.05) is 10.9 Å². The normalized spacial score (nSPS) is 11.7. The van der Waals surface area contributed by atoms with Crippen LogP contribution in [0.1, 0.15) is 39.8 Å². The summed E-state index contributed by atoms with van der Waals surface area (Å²) in [5, 5.41) is 11.6. The molecule has 0 atom stereocenters. The minimum atomic E-state index is 0.592. The molecule has 5 nitrogen and oxygen atoms in total. The second-order valence-corrected chi connectivity index (χ2v) is 4.88. The van der Waals surface area contributed by atoms with Gasteiger partial charge in [0, 0.05) is 25.3 Å². The van der Waals surface area contributed by atoms with Gasteiger partial charge in [0.15, 0.2) is 0 Å². The maximum Gasteiger partial charge on any atom is 0.0964 e. The van der Waals surface area contributed by atoms with E-state index in [2.05, 4.69) is 48.2 Å². The van der Waals surface area contributed by atoms with Crippen molar-refractivity contribution in [2.45, 2.75) is 53.2 Å². The van der Waals surface area contributed by atoms with Crippen LogP contribution in [0.25, 0.3) is 0 Å². The molecule has 5 heteroatoms. The minimum Gasteiger partial charge on any atom is -0.311 e. The number of aromatic nitrogens is 3. The molecule has 1 N–H and O–H groups in total. The van der Waals surface area contributed by atoms with Crippen molar-refractivity contribution < 1.29 is 0 Å². The van der Waals surface area contributed by atoms with Crippen molar-refractivity contribution in [1.82, 2.24) is 25.2 Å². The van der Waals surface area contributed by atoms with Crippen LogP contribution in [0.3, 0.4) is 0 Å². The summed E-state index contributed by atoms with van der Waals surface area (Å²) in [6.07, 6.45) is 3.23. The Hall–Kier alpha value is -0.940. The molecule has 0 amide bonds. The van der Waals surface area contributed by atoms with E-state index in [9.17, 15) is 0 Å². The smallest absolute Gasteiger partial charge is 0.0964 e.